The van der Waals surface area contributed by atoms with Crippen LogP contribution in [0.5, 0.6) is 0 Å². The fourth-order valence-corrected chi connectivity index (χ4v) is 2.37. The first kappa shape index (κ1) is 12.8. The van der Waals surface area contributed by atoms with Gasteiger partial charge < -0.3 is 10.1 Å². The minimum atomic E-state index is -0.00886. The fourth-order valence-electron chi connectivity index (χ4n) is 2.37. The molecule has 5 heteroatoms. The maximum Gasteiger partial charge on any atom is 0.260 e. The molecule has 0 aromatic carbocycles. The summed E-state index contributed by atoms with van der Waals surface area (Å²) < 4.78 is 5.61. The van der Waals surface area contributed by atoms with Crippen molar-refractivity contribution in [2.24, 2.45) is 0 Å². The van der Waals surface area contributed by atoms with Crippen LogP contribution in [0.25, 0.3) is 0 Å². The van der Waals surface area contributed by atoms with E-state index in [2.05, 4.69) is 10.7 Å². The van der Waals surface area contributed by atoms with Gasteiger partial charge in [-0.2, -0.15) is 0 Å². The molecular formula is C12H23N3O2. The van der Waals surface area contributed by atoms with Gasteiger partial charge in [-0.3, -0.25) is 10.2 Å². The van der Waals surface area contributed by atoms with Crippen LogP contribution in [0.2, 0.25) is 0 Å². The molecule has 0 unspecified atom stereocenters. The molecule has 0 atom stereocenters. The summed E-state index contributed by atoms with van der Waals surface area (Å²) in [5, 5.41) is 5.29. The molecule has 0 aliphatic carbocycles. The van der Waals surface area contributed by atoms with E-state index in [0.717, 1.165) is 39.0 Å². The monoisotopic (exact) mass is 241 g/mol. The summed E-state index contributed by atoms with van der Waals surface area (Å²) in [5.41, 5.74) is 2.91. The smallest absolute Gasteiger partial charge is 0.260 e. The molecule has 2 rings (SSSR count). The van der Waals surface area contributed by atoms with Gasteiger partial charge in [-0.15, -0.1) is 0 Å². The van der Waals surface area contributed by atoms with Crippen LogP contribution in [0, 0.1) is 0 Å². The Hall–Kier alpha value is -0.650. The number of ether oxygens (including phenoxy) is 1. The number of amides is 1. The van der Waals surface area contributed by atoms with E-state index >= 15 is 0 Å². The number of hydrazine groups is 1. The number of hydrogen-bond donors (Lipinski definition) is 2. The Morgan fingerprint density at radius 1 is 1.24 bits per heavy atom. The molecule has 2 saturated heterocycles. The Bertz CT molecular complexity index is 236. The molecule has 1 amide bonds. The van der Waals surface area contributed by atoms with Gasteiger partial charge in [0, 0.05) is 13.1 Å². The van der Waals surface area contributed by atoms with Crippen LogP contribution in [-0.2, 0) is 9.53 Å². The number of carbonyl (C=O) groups excluding carboxylic acids is 1. The van der Waals surface area contributed by atoms with Crippen molar-refractivity contribution in [1.29, 1.82) is 0 Å². The maximum absolute atomic E-state index is 11.7. The molecule has 2 aliphatic rings. The summed E-state index contributed by atoms with van der Waals surface area (Å²) in [6, 6.07) is 0. The van der Waals surface area contributed by atoms with E-state index in [1.807, 2.05) is 5.01 Å². The molecule has 2 heterocycles. The van der Waals surface area contributed by atoms with Crippen molar-refractivity contribution in [2.45, 2.75) is 38.2 Å². The fraction of sp³-hybridized carbons (Fsp3) is 0.917. The van der Waals surface area contributed by atoms with Crippen LogP contribution < -0.4 is 10.7 Å². The molecule has 0 saturated carbocycles. The summed E-state index contributed by atoms with van der Waals surface area (Å²) in [5.74, 6) is -0.00886. The van der Waals surface area contributed by atoms with Crippen molar-refractivity contribution in [3.8, 4) is 0 Å². The Morgan fingerprint density at radius 3 is 2.65 bits per heavy atom. The first-order chi connectivity index (χ1) is 8.34. The van der Waals surface area contributed by atoms with Crippen LogP contribution in [0.15, 0.2) is 0 Å². The third kappa shape index (κ3) is 4.61. The molecule has 2 fully saturated rings. The number of hydrogen-bond acceptors (Lipinski definition) is 4. The van der Waals surface area contributed by atoms with Gasteiger partial charge in [-0.25, -0.2) is 5.01 Å². The summed E-state index contributed by atoms with van der Waals surface area (Å²) >= 11 is 0. The lowest BCUT2D eigenvalue weighted by molar-refractivity contribution is -0.133. The minimum absolute atomic E-state index is 0.00886. The average molecular weight is 241 g/mol. The molecule has 2 N–H and O–H groups in total. The predicted octanol–water partition coefficient (Wildman–Crippen LogP) is 0.272. The van der Waals surface area contributed by atoms with Gasteiger partial charge in [0.25, 0.3) is 5.91 Å². The lowest BCUT2D eigenvalue weighted by atomic mass is 10.1. The second-order valence-corrected chi connectivity index (χ2v) is 4.84. The molecule has 0 aromatic heterocycles. The first-order valence-electron chi connectivity index (χ1n) is 6.71. The second-order valence-electron chi connectivity index (χ2n) is 4.84. The zero-order chi connectivity index (χ0) is 11.9. The van der Waals surface area contributed by atoms with Gasteiger partial charge in [-0.1, -0.05) is 6.42 Å². The quantitative estimate of drug-likeness (QED) is 0.742. The maximum atomic E-state index is 11.7. The van der Waals surface area contributed by atoms with E-state index in [1.54, 1.807) is 0 Å². The number of nitrogens with one attached hydrogen (secondary N) is 2. The highest BCUT2D eigenvalue weighted by molar-refractivity contribution is 5.76. The molecule has 5 nitrogen and oxygen atoms in total. The molecule has 2 aliphatic heterocycles. The van der Waals surface area contributed by atoms with Crippen molar-refractivity contribution < 1.29 is 9.53 Å². The number of rotatable bonds is 4. The van der Waals surface area contributed by atoms with E-state index in [0.29, 0.717) is 0 Å². The SMILES string of the molecule is O=C(COC1CCNCC1)NN1CCCCC1. The Labute approximate surface area is 103 Å². The normalized spacial score (nSPS) is 23.5. The zero-order valence-electron chi connectivity index (χ0n) is 10.4. The molecule has 0 bridgehead atoms. The standard InChI is InChI=1S/C12H23N3O2/c16-12(14-15-8-2-1-3-9-15)10-17-11-4-6-13-7-5-11/h11,13H,1-10H2,(H,14,16). The van der Waals surface area contributed by atoms with Gasteiger partial charge in [-0.05, 0) is 38.8 Å². The topological polar surface area (TPSA) is 53.6 Å². The summed E-state index contributed by atoms with van der Waals surface area (Å²) in [4.78, 5) is 11.7. The van der Waals surface area contributed by atoms with Crippen molar-refractivity contribution >= 4 is 5.91 Å². The highest BCUT2D eigenvalue weighted by Crippen LogP contribution is 2.07. The van der Waals surface area contributed by atoms with Crippen LogP contribution >= 0.6 is 0 Å². The van der Waals surface area contributed by atoms with E-state index in [9.17, 15) is 4.79 Å². The Balaban J connectivity index is 1.59. The molecular weight excluding hydrogens is 218 g/mol. The van der Waals surface area contributed by atoms with Gasteiger partial charge >= 0.3 is 0 Å². The Kier molecular flexibility index (Phi) is 5.22. The van der Waals surface area contributed by atoms with Crippen LogP contribution in [-0.4, -0.2) is 49.8 Å². The number of piperidine rings is 2. The highest BCUT2D eigenvalue weighted by Gasteiger charge is 2.16. The lowest BCUT2D eigenvalue weighted by Crippen LogP contribution is -2.47. The first-order valence-corrected chi connectivity index (χ1v) is 6.71. The van der Waals surface area contributed by atoms with Crippen molar-refractivity contribution in [3.63, 3.8) is 0 Å². The Morgan fingerprint density at radius 2 is 1.94 bits per heavy atom. The summed E-state index contributed by atoms with van der Waals surface area (Å²) in [6.07, 6.45) is 5.90. The number of carbonyl (C=O) groups is 1. The lowest BCUT2D eigenvalue weighted by Gasteiger charge is -2.27. The van der Waals surface area contributed by atoms with Crippen molar-refractivity contribution in [1.82, 2.24) is 15.8 Å². The third-order valence-electron chi connectivity index (χ3n) is 3.38. The molecule has 0 radical (unpaired) electrons. The van der Waals surface area contributed by atoms with Crippen molar-refractivity contribution in [2.75, 3.05) is 32.8 Å². The van der Waals surface area contributed by atoms with Crippen LogP contribution in [0.1, 0.15) is 32.1 Å². The van der Waals surface area contributed by atoms with Crippen LogP contribution in [0.3, 0.4) is 0 Å². The third-order valence-corrected chi connectivity index (χ3v) is 3.38. The average Bonchev–Trinajstić information content (AvgIpc) is 2.39. The van der Waals surface area contributed by atoms with E-state index < -0.39 is 0 Å². The van der Waals surface area contributed by atoms with Gasteiger partial charge in [0.15, 0.2) is 0 Å². The van der Waals surface area contributed by atoms with E-state index in [4.69, 9.17) is 4.74 Å². The predicted molar refractivity (Wildman–Crippen MR) is 65.4 cm³/mol. The van der Waals surface area contributed by atoms with E-state index in [-0.39, 0.29) is 18.6 Å². The molecule has 17 heavy (non-hydrogen) atoms. The van der Waals surface area contributed by atoms with Gasteiger partial charge in [0.05, 0.1) is 6.10 Å². The number of nitrogens with zero attached hydrogens (tertiary/aromatic N) is 1. The molecule has 98 valence electrons. The zero-order valence-corrected chi connectivity index (χ0v) is 10.4. The minimum Gasteiger partial charge on any atom is -0.368 e. The molecule has 0 aromatic rings. The highest BCUT2D eigenvalue weighted by atomic mass is 16.5. The summed E-state index contributed by atoms with van der Waals surface area (Å²) in [6.45, 7) is 4.14. The van der Waals surface area contributed by atoms with Crippen molar-refractivity contribution in [3.05, 3.63) is 0 Å². The molecule has 0 spiro atoms. The van der Waals surface area contributed by atoms with E-state index in [1.165, 1.54) is 19.3 Å². The summed E-state index contributed by atoms with van der Waals surface area (Å²) in [7, 11) is 0. The van der Waals surface area contributed by atoms with Gasteiger partial charge in [0.2, 0.25) is 0 Å². The van der Waals surface area contributed by atoms with Gasteiger partial charge in [0.1, 0.15) is 6.61 Å². The van der Waals surface area contributed by atoms with Crippen LogP contribution in [0.4, 0.5) is 0 Å². The second kappa shape index (κ2) is 6.93. The largest absolute Gasteiger partial charge is 0.368 e.